The molecule has 0 aliphatic carbocycles. The Morgan fingerprint density at radius 2 is 1.91 bits per heavy atom. The van der Waals surface area contributed by atoms with Crippen molar-refractivity contribution >= 4 is 22.8 Å². The summed E-state index contributed by atoms with van der Waals surface area (Å²) in [7, 11) is 1.70. The van der Waals surface area contributed by atoms with Crippen molar-refractivity contribution in [3.8, 4) is 0 Å². The summed E-state index contributed by atoms with van der Waals surface area (Å²) in [6.45, 7) is 9.79. The van der Waals surface area contributed by atoms with Crippen LogP contribution < -0.4 is 16.1 Å². The number of rotatable bonds is 4. The zero-order valence-corrected chi connectivity index (χ0v) is 19.0. The van der Waals surface area contributed by atoms with Gasteiger partial charge in [0.1, 0.15) is 0 Å². The first-order valence-electron chi connectivity index (χ1n) is 11.3. The molecule has 0 spiro atoms. The van der Waals surface area contributed by atoms with Crippen LogP contribution in [-0.2, 0) is 24.9 Å². The molecule has 1 fully saturated rings. The van der Waals surface area contributed by atoms with Gasteiger partial charge in [0.25, 0.3) is 5.56 Å². The zero-order chi connectivity index (χ0) is 22.4. The fourth-order valence-corrected chi connectivity index (χ4v) is 4.78. The quantitative estimate of drug-likeness (QED) is 0.612. The first-order valence-corrected chi connectivity index (χ1v) is 11.3. The van der Waals surface area contributed by atoms with E-state index in [9.17, 15) is 9.59 Å². The number of benzene rings is 1. The Morgan fingerprint density at radius 3 is 2.66 bits per heavy atom. The summed E-state index contributed by atoms with van der Waals surface area (Å²) < 4.78 is 10.3. The highest BCUT2D eigenvalue weighted by Gasteiger charge is 2.30. The molecule has 0 N–H and O–H groups in total. The minimum atomic E-state index is -0.318. The molecule has 0 radical (unpaired) electrons. The van der Waals surface area contributed by atoms with Crippen molar-refractivity contribution in [2.45, 2.75) is 26.9 Å². The predicted octanol–water partition coefficient (Wildman–Crippen LogP) is 1.33. The van der Waals surface area contributed by atoms with E-state index in [4.69, 9.17) is 9.72 Å². The fourth-order valence-electron chi connectivity index (χ4n) is 4.78. The van der Waals surface area contributed by atoms with Crippen LogP contribution in [-0.4, -0.2) is 63.0 Å². The summed E-state index contributed by atoms with van der Waals surface area (Å²) in [4.78, 5) is 35.8. The third-order valence-corrected chi connectivity index (χ3v) is 6.50. The molecule has 1 unspecified atom stereocenters. The van der Waals surface area contributed by atoms with Crippen molar-refractivity contribution in [2.24, 2.45) is 13.0 Å². The van der Waals surface area contributed by atoms with E-state index in [1.54, 1.807) is 7.05 Å². The summed E-state index contributed by atoms with van der Waals surface area (Å²) in [6.07, 6.45) is 0. The largest absolute Gasteiger partial charge is 0.379 e. The molecule has 2 aliphatic heterocycles. The second-order valence-electron chi connectivity index (χ2n) is 9.00. The van der Waals surface area contributed by atoms with Gasteiger partial charge in [-0.25, -0.2) is 4.79 Å². The van der Waals surface area contributed by atoms with E-state index in [1.165, 1.54) is 14.7 Å². The lowest BCUT2D eigenvalue weighted by Crippen LogP contribution is -2.44. The SMILES string of the molecule is Cc1cccc(N2CC(C)Cn3c2nc2c3c(=O)n(CCN3CCOCC3)c(=O)n2C)c1. The van der Waals surface area contributed by atoms with Gasteiger partial charge in [-0.2, -0.15) is 4.98 Å². The number of fused-ring (bicyclic) bond motifs is 3. The summed E-state index contributed by atoms with van der Waals surface area (Å²) in [5.41, 5.74) is 2.60. The molecule has 1 saturated heterocycles. The van der Waals surface area contributed by atoms with E-state index in [0.29, 0.717) is 49.9 Å². The minimum Gasteiger partial charge on any atom is -0.379 e. The lowest BCUT2D eigenvalue weighted by atomic mass is 10.1. The second-order valence-corrected chi connectivity index (χ2v) is 9.00. The molecule has 0 saturated carbocycles. The number of anilines is 2. The Balaban J connectivity index is 1.61. The Bertz CT molecular complexity index is 1270. The van der Waals surface area contributed by atoms with Gasteiger partial charge in [-0.15, -0.1) is 0 Å². The third kappa shape index (κ3) is 3.55. The number of hydrogen-bond donors (Lipinski definition) is 0. The molecule has 170 valence electrons. The van der Waals surface area contributed by atoms with Crippen molar-refractivity contribution in [2.75, 3.05) is 44.3 Å². The van der Waals surface area contributed by atoms with E-state index >= 15 is 0 Å². The van der Waals surface area contributed by atoms with Gasteiger partial charge in [0.2, 0.25) is 5.95 Å². The van der Waals surface area contributed by atoms with Crippen LogP contribution in [0, 0.1) is 12.8 Å². The smallest absolute Gasteiger partial charge is 0.332 e. The van der Waals surface area contributed by atoms with Crippen molar-refractivity contribution in [3.05, 3.63) is 50.7 Å². The molecular formula is C23H30N6O3. The molecule has 3 aromatic rings. The molecule has 1 atom stereocenters. The molecule has 9 nitrogen and oxygen atoms in total. The third-order valence-electron chi connectivity index (χ3n) is 6.50. The van der Waals surface area contributed by atoms with E-state index in [-0.39, 0.29) is 11.2 Å². The monoisotopic (exact) mass is 438 g/mol. The number of aromatic nitrogens is 4. The number of ether oxygens (including phenoxy) is 1. The van der Waals surface area contributed by atoms with Crippen LogP contribution in [0.3, 0.4) is 0 Å². The van der Waals surface area contributed by atoms with Crippen molar-refractivity contribution in [1.29, 1.82) is 0 Å². The first-order chi connectivity index (χ1) is 15.4. The number of nitrogens with zero attached hydrogens (tertiary/aromatic N) is 6. The predicted molar refractivity (Wildman–Crippen MR) is 124 cm³/mol. The Labute approximate surface area is 186 Å². The van der Waals surface area contributed by atoms with Crippen LogP contribution in [0.25, 0.3) is 11.2 Å². The Hall–Kier alpha value is -2.91. The Morgan fingerprint density at radius 1 is 1.12 bits per heavy atom. The molecular weight excluding hydrogens is 408 g/mol. The lowest BCUT2D eigenvalue weighted by Gasteiger charge is -2.33. The Kier molecular flexibility index (Phi) is 5.38. The van der Waals surface area contributed by atoms with Gasteiger partial charge >= 0.3 is 5.69 Å². The highest BCUT2D eigenvalue weighted by Crippen LogP contribution is 2.33. The van der Waals surface area contributed by atoms with E-state index in [2.05, 4.69) is 41.8 Å². The molecule has 4 heterocycles. The number of imidazole rings is 1. The average Bonchev–Trinajstić information content (AvgIpc) is 3.17. The standard InChI is InChI=1S/C23H30N6O3/c1-16-5-4-6-18(13-16)28-14-17(2)15-29-19-20(24-22(28)29)25(3)23(31)27(21(19)30)8-7-26-9-11-32-12-10-26/h4-6,13,17H,7-12,14-15H2,1-3H3. The zero-order valence-electron chi connectivity index (χ0n) is 19.0. The van der Waals surface area contributed by atoms with Crippen molar-refractivity contribution < 1.29 is 4.74 Å². The lowest BCUT2D eigenvalue weighted by molar-refractivity contribution is 0.0361. The van der Waals surface area contributed by atoms with Crippen LogP contribution in [0.4, 0.5) is 11.6 Å². The number of aryl methyl sites for hydroxylation is 2. The normalized spacial score (nSPS) is 19.5. The second kappa shape index (κ2) is 8.22. The maximum absolute atomic E-state index is 13.5. The van der Waals surface area contributed by atoms with E-state index in [1.807, 2.05) is 10.6 Å². The first kappa shape index (κ1) is 21.0. The summed E-state index contributed by atoms with van der Waals surface area (Å²) in [5, 5.41) is 0. The van der Waals surface area contributed by atoms with E-state index < -0.39 is 0 Å². The molecule has 5 rings (SSSR count). The molecule has 2 aromatic heterocycles. The molecule has 2 aliphatic rings. The van der Waals surface area contributed by atoms with Crippen molar-refractivity contribution in [3.63, 3.8) is 0 Å². The number of hydrogen-bond acceptors (Lipinski definition) is 6. The summed E-state index contributed by atoms with van der Waals surface area (Å²) >= 11 is 0. The average molecular weight is 439 g/mol. The molecule has 0 amide bonds. The summed E-state index contributed by atoms with van der Waals surface area (Å²) in [6, 6.07) is 8.29. The minimum absolute atomic E-state index is 0.256. The molecule has 9 heteroatoms. The van der Waals surface area contributed by atoms with Crippen LogP contribution in [0.2, 0.25) is 0 Å². The molecule has 1 aromatic carbocycles. The van der Waals surface area contributed by atoms with Crippen LogP contribution >= 0.6 is 0 Å². The highest BCUT2D eigenvalue weighted by molar-refractivity contribution is 5.77. The maximum atomic E-state index is 13.5. The van der Waals surface area contributed by atoms with Crippen LogP contribution in [0.1, 0.15) is 12.5 Å². The molecule has 0 bridgehead atoms. The van der Waals surface area contributed by atoms with Gasteiger partial charge in [0.05, 0.1) is 13.2 Å². The van der Waals surface area contributed by atoms with Gasteiger partial charge in [-0.05, 0) is 30.5 Å². The maximum Gasteiger partial charge on any atom is 0.332 e. The molecule has 32 heavy (non-hydrogen) atoms. The van der Waals surface area contributed by atoms with E-state index in [0.717, 1.165) is 31.3 Å². The fraction of sp³-hybridized carbons (Fsp3) is 0.522. The highest BCUT2D eigenvalue weighted by atomic mass is 16.5. The van der Waals surface area contributed by atoms with Gasteiger partial charge < -0.3 is 14.2 Å². The van der Waals surface area contributed by atoms with Crippen LogP contribution in [0.5, 0.6) is 0 Å². The van der Waals surface area contributed by atoms with Gasteiger partial charge in [0.15, 0.2) is 11.2 Å². The van der Waals surface area contributed by atoms with Gasteiger partial charge in [-0.1, -0.05) is 19.1 Å². The van der Waals surface area contributed by atoms with Gasteiger partial charge in [0, 0.05) is 52.0 Å². The number of morpholine rings is 1. The van der Waals surface area contributed by atoms with Crippen LogP contribution in [0.15, 0.2) is 33.9 Å². The van der Waals surface area contributed by atoms with Crippen molar-refractivity contribution in [1.82, 2.24) is 23.6 Å². The van der Waals surface area contributed by atoms with Gasteiger partial charge in [-0.3, -0.25) is 18.8 Å². The topological polar surface area (TPSA) is 77.5 Å². The summed E-state index contributed by atoms with van der Waals surface area (Å²) in [5.74, 6) is 1.06.